The van der Waals surface area contributed by atoms with Gasteiger partial charge < -0.3 is 20.2 Å². The van der Waals surface area contributed by atoms with Gasteiger partial charge in [-0.1, -0.05) is 0 Å². The second-order valence-electron chi connectivity index (χ2n) is 4.96. The average molecular weight is 348 g/mol. The third kappa shape index (κ3) is 3.89. The summed E-state index contributed by atoms with van der Waals surface area (Å²) in [5.74, 6) is 0.463. The number of benzene rings is 1. The molecule has 2 atom stereocenters. The number of ether oxygens (including phenoxy) is 1. The first-order valence-electron chi connectivity index (χ1n) is 6.69. The highest BCUT2D eigenvalue weighted by Crippen LogP contribution is 2.23. The largest absolute Gasteiger partial charge is 0.441 e. The van der Waals surface area contributed by atoms with Crippen molar-refractivity contribution in [2.24, 2.45) is 5.73 Å². The second kappa shape index (κ2) is 7.78. The number of hydrogen-bond acceptors (Lipinski definition) is 5. The van der Waals surface area contributed by atoms with Gasteiger partial charge in [0, 0.05) is 25.2 Å². The van der Waals surface area contributed by atoms with E-state index in [0.29, 0.717) is 30.1 Å². The molecule has 3 rings (SSSR count). The lowest BCUT2D eigenvalue weighted by Crippen LogP contribution is -2.29. The van der Waals surface area contributed by atoms with Crippen molar-refractivity contribution in [2.75, 3.05) is 11.9 Å². The van der Waals surface area contributed by atoms with Gasteiger partial charge in [-0.05, 0) is 25.0 Å². The number of nitrogens with zero attached hydrogens (tertiary/aromatic N) is 1. The Morgan fingerprint density at radius 1 is 1.41 bits per heavy atom. The van der Waals surface area contributed by atoms with Crippen LogP contribution >= 0.6 is 24.8 Å². The maximum absolute atomic E-state index is 12.1. The first-order chi connectivity index (χ1) is 9.65. The number of halogens is 2. The summed E-state index contributed by atoms with van der Waals surface area (Å²) >= 11 is 0. The molecule has 0 bridgehead atoms. The number of aryl methyl sites for hydroxylation is 1. The molecule has 1 aliphatic rings. The van der Waals surface area contributed by atoms with Gasteiger partial charge in [-0.2, -0.15) is 0 Å². The Hall–Kier alpha value is -1.34. The number of hydrogen-bond donors (Lipinski definition) is 2. The first-order valence-corrected chi connectivity index (χ1v) is 6.69. The van der Waals surface area contributed by atoms with E-state index in [1.807, 2.05) is 6.07 Å². The number of nitrogens with one attached hydrogen (secondary N) is 1. The molecule has 1 amide bonds. The number of nitrogens with two attached hydrogens (primary N) is 1. The lowest BCUT2D eigenvalue weighted by atomic mass is 10.2. The number of rotatable bonds is 3. The molecule has 0 saturated carbocycles. The zero-order chi connectivity index (χ0) is 14.1. The predicted octanol–water partition coefficient (Wildman–Crippen LogP) is 2.42. The molecular weight excluding hydrogens is 329 g/mol. The van der Waals surface area contributed by atoms with Gasteiger partial charge in [-0.25, -0.2) is 4.98 Å². The molecule has 0 aliphatic carbocycles. The fraction of sp³-hybridized carbons (Fsp3) is 0.429. The standard InChI is InChI=1S/C14H17N3O3.2ClH/c1-8-16-11-4-2-9(6-13(11)19-8)17-14(18)12-5-3-10(7-15)20-12;;/h2,4,6,10,12H,3,5,7,15H2,1H3,(H,17,18);2*1H/t10-,12+;;/m1../s1. The van der Waals surface area contributed by atoms with Crippen LogP contribution < -0.4 is 11.1 Å². The third-order valence-corrected chi connectivity index (χ3v) is 3.43. The lowest BCUT2D eigenvalue weighted by molar-refractivity contribution is -0.126. The van der Waals surface area contributed by atoms with Crippen LogP contribution in [0.25, 0.3) is 11.1 Å². The molecule has 22 heavy (non-hydrogen) atoms. The summed E-state index contributed by atoms with van der Waals surface area (Å²) < 4.78 is 11.0. The summed E-state index contributed by atoms with van der Waals surface area (Å²) in [6.07, 6.45) is 1.10. The molecule has 0 unspecified atom stereocenters. The van der Waals surface area contributed by atoms with Crippen LogP contribution in [0.2, 0.25) is 0 Å². The molecule has 3 N–H and O–H groups in total. The van der Waals surface area contributed by atoms with E-state index in [9.17, 15) is 4.79 Å². The number of oxazole rings is 1. The van der Waals surface area contributed by atoms with E-state index in [-0.39, 0.29) is 36.8 Å². The summed E-state index contributed by atoms with van der Waals surface area (Å²) in [7, 11) is 0. The van der Waals surface area contributed by atoms with E-state index in [1.165, 1.54) is 0 Å². The van der Waals surface area contributed by atoms with Gasteiger partial charge in [-0.15, -0.1) is 24.8 Å². The Kier molecular flexibility index (Phi) is 6.62. The van der Waals surface area contributed by atoms with Crippen LogP contribution in [0, 0.1) is 6.92 Å². The number of carbonyl (C=O) groups is 1. The van der Waals surface area contributed by atoms with E-state index in [0.717, 1.165) is 11.9 Å². The maximum atomic E-state index is 12.1. The molecule has 1 aliphatic heterocycles. The average Bonchev–Trinajstić information content (AvgIpc) is 3.03. The Labute approximate surface area is 140 Å². The number of aromatic nitrogens is 1. The molecule has 2 aromatic rings. The summed E-state index contributed by atoms with van der Waals surface area (Å²) in [4.78, 5) is 16.3. The number of fused-ring (bicyclic) bond motifs is 1. The highest BCUT2D eigenvalue weighted by molar-refractivity contribution is 5.95. The van der Waals surface area contributed by atoms with Crippen molar-refractivity contribution < 1.29 is 13.9 Å². The minimum Gasteiger partial charge on any atom is -0.441 e. The number of anilines is 1. The van der Waals surface area contributed by atoms with E-state index >= 15 is 0 Å². The quantitative estimate of drug-likeness (QED) is 0.889. The Morgan fingerprint density at radius 3 is 2.86 bits per heavy atom. The van der Waals surface area contributed by atoms with E-state index in [1.54, 1.807) is 19.1 Å². The van der Waals surface area contributed by atoms with E-state index < -0.39 is 6.10 Å². The van der Waals surface area contributed by atoms with Crippen LogP contribution in [-0.4, -0.2) is 29.6 Å². The van der Waals surface area contributed by atoms with Crippen molar-refractivity contribution in [3.05, 3.63) is 24.1 Å². The van der Waals surface area contributed by atoms with Crippen molar-refractivity contribution in [3.63, 3.8) is 0 Å². The van der Waals surface area contributed by atoms with Crippen LogP contribution in [0.15, 0.2) is 22.6 Å². The van der Waals surface area contributed by atoms with Crippen LogP contribution in [0.3, 0.4) is 0 Å². The van der Waals surface area contributed by atoms with Crippen LogP contribution in [-0.2, 0) is 9.53 Å². The van der Waals surface area contributed by atoms with Crippen molar-refractivity contribution in [1.82, 2.24) is 4.98 Å². The highest BCUT2D eigenvalue weighted by Gasteiger charge is 2.29. The molecule has 122 valence electrons. The summed E-state index contributed by atoms with van der Waals surface area (Å²) in [5, 5.41) is 2.84. The fourth-order valence-electron chi connectivity index (χ4n) is 2.41. The monoisotopic (exact) mass is 347 g/mol. The van der Waals surface area contributed by atoms with E-state index in [2.05, 4.69) is 10.3 Å². The summed E-state index contributed by atoms with van der Waals surface area (Å²) in [6.45, 7) is 2.24. The van der Waals surface area contributed by atoms with Crippen LogP contribution in [0.5, 0.6) is 0 Å². The Bertz CT molecular complexity index is 647. The summed E-state index contributed by atoms with van der Waals surface area (Å²) in [6, 6.07) is 5.39. The van der Waals surface area contributed by atoms with Gasteiger partial charge >= 0.3 is 0 Å². The van der Waals surface area contributed by atoms with Crippen molar-refractivity contribution in [2.45, 2.75) is 32.0 Å². The van der Waals surface area contributed by atoms with Crippen molar-refractivity contribution in [1.29, 1.82) is 0 Å². The van der Waals surface area contributed by atoms with Crippen molar-refractivity contribution >= 4 is 47.5 Å². The SMILES string of the molecule is Cc1nc2ccc(NC(=O)[C@@H]3CC[C@H](CN)O3)cc2o1.Cl.Cl. The lowest BCUT2D eigenvalue weighted by Gasteiger charge is -2.12. The van der Waals surface area contributed by atoms with Gasteiger partial charge in [0.25, 0.3) is 5.91 Å². The molecule has 1 aromatic carbocycles. The third-order valence-electron chi connectivity index (χ3n) is 3.43. The molecule has 1 saturated heterocycles. The molecule has 1 fully saturated rings. The number of carbonyl (C=O) groups excluding carboxylic acids is 1. The topological polar surface area (TPSA) is 90.4 Å². The second-order valence-corrected chi connectivity index (χ2v) is 4.96. The fourth-order valence-corrected chi connectivity index (χ4v) is 2.41. The van der Waals surface area contributed by atoms with Gasteiger partial charge in [0.05, 0.1) is 6.10 Å². The zero-order valence-electron chi connectivity index (χ0n) is 12.1. The van der Waals surface area contributed by atoms with E-state index in [4.69, 9.17) is 14.9 Å². The predicted molar refractivity (Wildman–Crippen MR) is 88.8 cm³/mol. The molecule has 0 radical (unpaired) electrons. The molecule has 0 spiro atoms. The van der Waals surface area contributed by atoms with Crippen LogP contribution in [0.4, 0.5) is 5.69 Å². The van der Waals surface area contributed by atoms with Crippen LogP contribution in [0.1, 0.15) is 18.7 Å². The number of amides is 1. The van der Waals surface area contributed by atoms with Gasteiger partial charge in [0.2, 0.25) is 0 Å². The van der Waals surface area contributed by atoms with Gasteiger partial charge in [0.15, 0.2) is 11.5 Å². The normalized spacial score (nSPS) is 20.3. The van der Waals surface area contributed by atoms with Gasteiger partial charge in [0.1, 0.15) is 11.6 Å². The minimum atomic E-state index is -0.421. The van der Waals surface area contributed by atoms with Crippen molar-refractivity contribution in [3.8, 4) is 0 Å². The maximum Gasteiger partial charge on any atom is 0.253 e. The molecular formula is C14H19Cl2N3O3. The van der Waals surface area contributed by atoms with Gasteiger partial charge in [-0.3, -0.25) is 4.79 Å². The molecule has 6 nitrogen and oxygen atoms in total. The minimum absolute atomic E-state index is 0. The Balaban J connectivity index is 0.00000121. The highest BCUT2D eigenvalue weighted by atomic mass is 35.5. The smallest absolute Gasteiger partial charge is 0.253 e. The zero-order valence-corrected chi connectivity index (χ0v) is 13.7. The summed E-state index contributed by atoms with van der Waals surface area (Å²) in [5.41, 5.74) is 7.65. The first kappa shape index (κ1) is 18.7. The molecule has 1 aromatic heterocycles. The molecule has 8 heteroatoms. The Morgan fingerprint density at radius 2 is 2.18 bits per heavy atom. The molecule has 2 heterocycles.